The maximum Gasteiger partial charge on any atom is 0.0203 e. The summed E-state index contributed by atoms with van der Waals surface area (Å²) in [6.45, 7) is 2.33. The molecule has 0 heterocycles. The van der Waals surface area contributed by atoms with Gasteiger partial charge < -0.3 is 0 Å². The van der Waals surface area contributed by atoms with Crippen molar-refractivity contribution in [2.45, 2.75) is 0 Å². The third kappa shape index (κ3) is 4.06. The molecule has 0 aromatic rings. The molecule has 0 aliphatic carbocycles. The molecule has 0 fully saturated rings. The van der Waals surface area contributed by atoms with Crippen LogP contribution in [-0.4, -0.2) is 15.0 Å². The van der Waals surface area contributed by atoms with E-state index in [0.29, 0.717) is 7.92 Å². The van der Waals surface area contributed by atoms with Crippen LogP contribution < -0.4 is 0 Å². The van der Waals surface area contributed by atoms with E-state index in [9.17, 15) is 0 Å². The van der Waals surface area contributed by atoms with Gasteiger partial charge in [0.2, 0.25) is 0 Å². The smallest absolute Gasteiger partial charge is 0.0203 e. The molecule has 0 atom stereocenters. The Hall–Kier alpha value is 1.89. The van der Waals surface area contributed by atoms with Gasteiger partial charge in [-0.15, -0.1) is 0 Å². The monoisotopic (exact) mass is 328 g/mol. The van der Waals surface area contributed by atoms with E-state index in [2.05, 4.69) is 51.8 Å². The number of rotatable bonds is 2. The lowest BCUT2D eigenvalue weighted by molar-refractivity contribution is 2.08. The minimum absolute atomic E-state index is 0.397. The fraction of sp³-hybridized carbons (Fsp3) is 1.00. The maximum absolute atomic E-state index is 2.44. The average Bonchev–Trinajstić information content (AvgIpc) is 1.65. The number of hydrogen-bond donors (Lipinski definition) is 0. The van der Waals surface area contributed by atoms with Gasteiger partial charge >= 0.3 is 0 Å². The molecular weight excluding hydrogens is 321 g/mol. The zero-order valence-electron chi connectivity index (χ0n) is 3.62. The summed E-state index contributed by atoms with van der Waals surface area (Å²) in [4.78, 5) is 0. The second-order valence-corrected chi connectivity index (χ2v) is 7.38. The molecule has 6 heavy (non-hydrogen) atoms. The van der Waals surface area contributed by atoms with Crippen molar-refractivity contribution < 1.29 is 0 Å². The lowest BCUT2D eigenvalue weighted by Crippen LogP contribution is -1.67. The highest BCUT2D eigenvalue weighted by Crippen LogP contribution is 2.34. The topological polar surface area (TPSA) is 0 Å². The summed E-state index contributed by atoms with van der Waals surface area (Å²) in [7, 11) is 0.397. The van der Waals surface area contributed by atoms with Crippen LogP contribution in [0.2, 0.25) is 0 Å². The van der Waals surface area contributed by atoms with Crippen molar-refractivity contribution >= 4 is 53.1 Å². The zero-order valence-corrected chi connectivity index (χ0v) is 8.83. The van der Waals surface area contributed by atoms with E-state index < -0.39 is 0 Å². The molecule has 0 aliphatic heterocycles. The molecule has 0 saturated heterocycles. The molecule has 0 aliphatic rings. The second-order valence-electron chi connectivity index (χ2n) is 1.10. The van der Waals surface area contributed by atoms with E-state index in [1.165, 1.54) is 8.34 Å². The predicted octanol–water partition coefficient (Wildman–Crippen LogP) is 2.88. The molecule has 0 aromatic carbocycles. The van der Waals surface area contributed by atoms with Gasteiger partial charge in [-0.3, -0.25) is 0 Å². The Bertz CT molecular complexity index is 28.0. The minimum atomic E-state index is 0.397. The first-order chi connectivity index (χ1) is 2.81. The molecule has 0 radical (unpaired) electrons. The molecule has 0 unspecified atom stereocenters. The molecule has 0 rings (SSSR count). The zero-order chi connectivity index (χ0) is 4.99. The van der Waals surface area contributed by atoms with Crippen LogP contribution in [0.1, 0.15) is 0 Å². The van der Waals surface area contributed by atoms with Crippen LogP contribution in [0.5, 0.6) is 0 Å². The summed E-state index contributed by atoms with van der Waals surface area (Å²) >= 11 is 4.87. The molecule has 0 saturated carbocycles. The Morgan fingerprint density at radius 2 is 1.67 bits per heavy atom. The third-order valence-corrected chi connectivity index (χ3v) is 8.21. The summed E-state index contributed by atoms with van der Waals surface area (Å²) in [5.74, 6) is 0. The van der Waals surface area contributed by atoms with Crippen LogP contribution in [0.25, 0.3) is 0 Å². The highest BCUT2D eigenvalue weighted by molar-refractivity contribution is 14.1. The molecule has 0 bridgehead atoms. The highest BCUT2D eigenvalue weighted by Gasteiger charge is 1.89. The van der Waals surface area contributed by atoms with Gasteiger partial charge in [0.05, 0.1) is 0 Å². The fourth-order valence-electron chi connectivity index (χ4n) is 0.0319. The maximum atomic E-state index is 2.44. The Morgan fingerprint density at radius 1 is 1.33 bits per heavy atom. The average molecular weight is 328 g/mol. The van der Waals surface area contributed by atoms with Crippen LogP contribution in [-0.2, 0) is 0 Å². The molecule has 0 aromatic heterocycles. The SMILES string of the molecule is CP(CI)CI. The number of alkyl halides is 2. The van der Waals surface area contributed by atoms with E-state index >= 15 is 0 Å². The van der Waals surface area contributed by atoms with Crippen molar-refractivity contribution in [3.8, 4) is 0 Å². The minimum Gasteiger partial charge on any atom is -0.0899 e. The first kappa shape index (κ1) is 7.89. The van der Waals surface area contributed by atoms with Crippen LogP contribution in [0.15, 0.2) is 0 Å². The summed E-state index contributed by atoms with van der Waals surface area (Å²) < 4.78 is 2.71. The van der Waals surface area contributed by atoms with Crippen LogP contribution in [0.3, 0.4) is 0 Å². The largest absolute Gasteiger partial charge is 0.0899 e. The van der Waals surface area contributed by atoms with Crippen LogP contribution in [0, 0.1) is 0 Å². The van der Waals surface area contributed by atoms with Gasteiger partial charge in [0, 0.05) is 8.34 Å². The molecule has 0 N–H and O–H groups in total. The molecule has 3 heteroatoms. The normalized spacial score (nSPS) is 10.0. The lowest BCUT2D eigenvalue weighted by atomic mass is 11.9. The van der Waals surface area contributed by atoms with Gasteiger partial charge in [0.25, 0.3) is 0 Å². The fourth-order valence-corrected chi connectivity index (χ4v) is 4.31. The van der Waals surface area contributed by atoms with E-state index in [4.69, 9.17) is 0 Å². The van der Waals surface area contributed by atoms with E-state index in [-0.39, 0.29) is 0 Å². The molecule has 0 spiro atoms. The van der Waals surface area contributed by atoms with Crippen LogP contribution in [0.4, 0.5) is 0 Å². The standard InChI is InChI=1S/C3H7I2P/c1-6(2-4)3-5/h2-3H2,1H3. The number of halogens is 2. The summed E-state index contributed by atoms with van der Waals surface area (Å²) in [6.07, 6.45) is 0. The highest BCUT2D eigenvalue weighted by atomic mass is 127. The van der Waals surface area contributed by atoms with E-state index in [0.717, 1.165) is 0 Å². The Balaban J connectivity index is 2.75. The summed E-state index contributed by atoms with van der Waals surface area (Å²) in [6, 6.07) is 0. The molecular formula is C3H7I2P. The third-order valence-electron chi connectivity index (χ3n) is 0.408. The van der Waals surface area contributed by atoms with Crippen molar-refractivity contribution in [1.29, 1.82) is 0 Å². The predicted molar refractivity (Wildman–Crippen MR) is 50.6 cm³/mol. The van der Waals surface area contributed by atoms with Gasteiger partial charge in [-0.1, -0.05) is 53.1 Å². The quantitative estimate of drug-likeness (QED) is 0.415. The Labute approximate surface area is 67.5 Å². The van der Waals surface area contributed by atoms with Gasteiger partial charge in [0.15, 0.2) is 0 Å². The lowest BCUT2D eigenvalue weighted by Gasteiger charge is -1.97. The molecule has 0 nitrogen and oxygen atoms in total. The van der Waals surface area contributed by atoms with Crippen molar-refractivity contribution in [2.24, 2.45) is 0 Å². The summed E-state index contributed by atoms with van der Waals surface area (Å²) in [5.41, 5.74) is 0. The molecule has 0 amide bonds. The number of hydrogen-bond acceptors (Lipinski definition) is 0. The van der Waals surface area contributed by atoms with Crippen molar-refractivity contribution in [1.82, 2.24) is 0 Å². The van der Waals surface area contributed by atoms with Gasteiger partial charge in [-0.25, -0.2) is 0 Å². The molecule has 38 valence electrons. The van der Waals surface area contributed by atoms with E-state index in [1.807, 2.05) is 0 Å². The van der Waals surface area contributed by atoms with Crippen LogP contribution >= 0.6 is 53.1 Å². The van der Waals surface area contributed by atoms with Gasteiger partial charge in [0.1, 0.15) is 0 Å². The van der Waals surface area contributed by atoms with Crippen molar-refractivity contribution in [3.63, 3.8) is 0 Å². The Morgan fingerprint density at radius 3 is 1.67 bits per heavy atom. The second kappa shape index (κ2) is 5.04. The first-order valence-corrected chi connectivity index (χ1v) is 6.82. The van der Waals surface area contributed by atoms with Gasteiger partial charge in [-0.05, 0) is 6.66 Å². The van der Waals surface area contributed by atoms with E-state index in [1.54, 1.807) is 0 Å². The Kier molecular flexibility index (Phi) is 6.62. The van der Waals surface area contributed by atoms with Gasteiger partial charge in [-0.2, -0.15) is 0 Å². The summed E-state index contributed by atoms with van der Waals surface area (Å²) in [5, 5.41) is 0. The van der Waals surface area contributed by atoms with Crippen molar-refractivity contribution in [2.75, 3.05) is 15.0 Å². The van der Waals surface area contributed by atoms with Crippen molar-refractivity contribution in [3.05, 3.63) is 0 Å². The first-order valence-electron chi connectivity index (χ1n) is 1.61.